The molecule has 1 aromatic heterocycles. The maximum atomic E-state index is 13.3. The zero-order valence-corrected chi connectivity index (χ0v) is 15.0. The molecule has 0 unspecified atom stereocenters. The van der Waals surface area contributed by atoms with Gasteiger partial charge in [-0.3, -0.25) is 14.6 Å². The van der Waals surface area contributed by atoms with Crippen LogP contribution in [0.15, 0.2) is 18.5 Å². The lowest BCUT2D eigenvalue weighted by molar-refractivity contribution is -0.179. The summed E-state index contributed by atoms with van der Waals surface area (Å²) in [5, 5.41) is 13.1. The Morgan fingerprint density at radius 2 is 2.08 bits per heavy atom. The lowest BCUT2D eigenvalue weighted by Crippen LogP contribution is -2.65. The highest BCUT2D eigenvalue weighted by Crippen LogP contribution is 2.39. The lowest BCUT2D eigenvalue weighted by Gasteiger charge is -2.51. The van der Waals surface area contributed by atoms with Gasteiger partial charge in [-0.2, -0.15) is 0 Å². The van der Waals surface area contributed by atoms with Gasteiger partial charge in [0.25, 0.3) is 5.91 Å². The molecule has 2 amide bonds. The van der Waals surface area contributed by atoms with E-state index in [0.29, 0.717) is 32.4 Å². The van der Waals surface area contributed by atoms with Crippen molar-refractivity contribution in [1.29, 1.82) is 0 Å². The van der Waals surface area contributed by atoms with Crippen molar-refractivity contribution in [2.75, 3.05) is 19.7 Å². The van der Waals surface area contributed by atoms with Gasteiger partial charge in [0.05, 0.1) is 29.5 Å². The van der Waals surface area contributed by atoms with Gasteiger partial charge < -0.3 is 20.1 Å². The normalized spacial score (nSPS) is 28.0. The Balaban J connectivity index is 1.67. The van der Waals surface area contributed by atoms with Crippen LogP contribution in [0.2, 0.25) is 0 Å². The average Bonchev–Trinajstić information content (AvgIpc) is 2.58. The Kier molecular flexibility index (Phi) is 4.98. The highest BCUT2D eigenvalue weighted by Gasteiger charge is 2.50. The van der Waals surface area contributed by atoms with Crippen molar-refractivity contribution in [3.63, 3.8) is 0 Å². The molecule has 0 bridgehead atoms. The molecule has 142 valence electrons. The highest BCUT2D eigenvalue weighted by molar-refractivity contribution is 5.94. The van der Waals surface area contributed by atoms with E-state index >= 15 is 0 Å². The molecule has 2 fully saturated rings. The minimum absolute atomic E-state index is 0.137. The van der Waals surface area contributed by atoms with Crippen LogP contribution in [-0.2, 0) is 9.53 Å². The van der Waals surface area contributed by atoms with Gasteiger partial charge in [-0.1, -0.05) is 0 Å². The number of carbonyl (C=O) groups is 2. The third-order valence-electron chi connectivity index (χ3n) is 5.35. The van der Waals surface area contributed by atoms with Gasteiger partial charge in [0, 0.05) is 32.6 Å². The van der Waals surface area contributed by atoms with E-state index in [1.807, 2.05) is 6.92 Å². The van der Waals surface area contributed by atoms with Gasteiger partial charge in [0.15, 0.2) is 0 Å². The first-order valence-electron chi connectivity index (χ1n) is 8.74. The van der Waals surface area contributed by atoms with Crippen LogP contribution >= 0.6 is 0 Å². The van der Waals surface area contributed by atoms with E-state index in [1.54, 1.807) is 4.90 Å². The number of pyridine rings is 1. The smallest absolute Gasteiger partial charge is 0.255 e. The van der Waals surface area contributed by atoms with Gasteiger partial charge in [-0.15, -0.1) is 0 Å². The number of nitrogens with zero attached hydrogens (tertiary/aromatic N) is 2. The van der Waals surface area contributed by atoms with E-state index in [-0.39, 0.29) is 24.0 Å². The van der Waals surface area contributed by atoms with Crippen molar-refractivity contribution >= 4 is 11.8 Å². The molecule has 7 nitrogen and oxygen atoms in total. The Bertz CT molecular complexity index is 705. The number of hydrogen-bond acceptors (Lipinski definition) is 5. The Morgan fingerprint density at radius 1 is 1.38 bits per heavy atom. The van der Waals surface area contributed by atoms with E-state index < -0.39 is 23.1 Å². The molecule has 2 aliphatic rings. The third kappa shape index (κ3) is 3.71. The first kappa shape index (κ1) is 18.7. The number of amides is 2. The molecule has 3 heterocycles. The molecule has 2 atom stereocenters. The summed E-state index contributed by atoms with van der Waals surface area (Å²) in [5.41, 5.74) is -1.03. The number of rotatable bonds is 2. The SMILES string of the molecule is CC(=O)N[C@]1(C)CC2(CCN(C(=O)c3cncc(F)c3)CC2)OC[C@H]1O. The van der Waals surface area contributed by atoms with Crippen LogP contribution in [0.3, 0.4) is 0 Å². The predicted molar refractivity (Wildman–Crippen MR) is 90.9 cm³/mol. The topological polar surface area (TPSA) is 91.8 Å². The van der Waals surface area contributed by atoms with Crippen molar-refractivity contribution in [3.05, 3.63) is 29.8 Å². The molecule has 8 heteroatoms. The van der Waals surface area contributed by atoms with Crippen molar-refractivity contribution in [2.45, 2.75) is 50.4 Å². The van der Waals surface area contributed by atoms with Crippen LogP contribution in [0.25, 0.3) is 0 Å². The predicted octanol–water partition coefficient (Wildman–Crippen LogP) is 0.871. The van der Waals surface area contributed by atoms with Crippen molar-refractivity contribution < 1.29 is 23.8 Å². The molecule has 0 saturated carbocycles. The summed E-state index contributed by atoms with van der Waals surface area (Å²) in [5.74, 6) is -0.998. The summed E-state index contributed by atoms with van der Waals surface area (Å²) < 4.78 is 19.2. The number of ether oxygens (including phenoxy) is 1. The largest absolute Gasteiger partial charge is 0.388 e. The molecule has 0 aliphatic carbocycles. The molecule has 26 heavy (non-hydrogen) atoms. The summed E-state index contributed by atoms with van der Waals surface area (Å²) in [6, 6.07) is 1.18. The van der Waals surface area contributed by atoms with E-state index in [9.17, 15) is 19.1 Å². The maximum Gasteiger partial charge on any atom is 0.255 e. The molecule has 2 saturated heterocycles. The van der Waals surface area contributed by atoms with Gasteiger partial charge in [0.1, 0.15) is 11.9 Å². The van der Waals surface area contributed by atoms with E-state index in [1.165, 1.54) is 19.2 Å². The number of carbonyl (C=O) groups excluding carboxylic acids is 2. The second-order valence-electron chi connectivity index (χ2n) is 7.47. The number of aromatic nitrogens is 1. The van der Waals surface area contributed by atoms with Gasteiger partial charge in [-0.25, -0.2) is 4.39 Å². The molecule has 3 rings (SSSR count). The molecular weight excluding hydrogens is 341 g/mol. The van der Waals surface area contributed by atoms with Crippen molar-refractivity contribution in [2.24, 2.45) is 0 Å². The standard InChI is InChI=1S/C18H24FN3O4/c1-12(23)21-17(2)11-18(26-10-15(17)24)3-5-22(6-4-18)16(25)13-7-14(19)9-20-8-13/h7-9,15,24H,3-6,10-11H2,1-2H3,(H,21,23)/t15-,17-/m1/s1. The maximum absolute atomic E-state index is 13.3. The third-order valence-corrected chi connectivity index (χ3v) is 5.35. The summed E-state index contributed by atoms with van der Waals surface area (Å²) >= 11 is 0. The molecule has 0 radical (unpaired) electrons. The molecule has 2 N–H and O–H groups in total. The summed E-state index contributed by atoms with van der Waals surface area (Å²) in [6.45, 7) is 4.30. The van der Waals surface area contributed by atoms with Crippen LogP contribution in [0, 0.1) is 5.82 Å². The fourth-order valence-corrected chi connectivity index (χ4v) is 3.96. The zero-order chi connectivity index (χ0) is 18.9. The summed E-state index contributed by atoms with van der Waals surface area (Å²) in [4.78, 5) is 29.4. The van der Waals surface area contributed by atoms with Crippen LogP contribution in [0.1, 0.15) is 43.5 Å². The summed E-state index contributed by atoms with van der Waals surface area (Å²) in [7, 11) is 0. The molecular formula is C18H24FN3O4. The monoisotopic (exact) mass is 365 g/mol. The minimum atomic E-state index is -0.782. The van der Waals surface area contributed by atoms with E-state index in [4.69, 9.17) is 4.74 Å². The van der Waals surface area contributed by atoms with Gasteiger partial charge in [-0.05, 0) is 25.8 Å². The number of hydrogen-bond donors (Lipinski definition) is 2. The number of aliphatic hydroxyl groups is 1. The summed E-state index contributed by atoms with van der Waals surface area (Å²) in [6.07, 6.45) is 3.29. The molecule has 2 aliphatic heterocycles. The Hall–Kier alpha value is -2.06. The van der Waals surface area contributed by atoms with Crippen LogP contribution in [0.4, 0.5) is 4.39 Å². The molecule has 0 aromatic carbocycles. The number of piperidine rings is 1. The van der Waals surface area contributed by atoms with E-state index in [0.717, 1.165) is 6.20 Å². The average molecular weight is 365 g/mol. The van der Waals surface area contributed by atoms with Crippen LogP contribution in [-0.4, -0.2) is 63.7 Å². The fourth-order valence-electron chi connectivity index (χ4n) is 3.96. The Labute approximate surface area is 151 Å². The number of aliphatic hydroxyl groups excluding tert-OH is 1. The minimum Gasteiger partial charge on any atom is -0.388 e. The van der Waals surface area contributed by atoms with Gasteiger partial charge >= 0.3 is 0 Å². The van der Waals surface area contributed by atoms with Crippen LogP contribution in [0.5, 0.6) is 0 Å². The van der Waals surface area contributed by atoms with E-state index in [2.05, 4.69) is 10.3 Å². The number of nitrogens with one attached hydrogen (secondary N) is 1. The quantitative estimate of drug-likeness (QED) is 0.812. The number of halogens is 1. The van der Waals surface area contributed by atoms with Crippen molar-refractivity contribution in [3.8, 4) is 0 Å². The van der Waals surface area contributed by atoms with Crippen LogP contribution < -0.4 is 5.32 Å². The van der Waals surface area contributed by atoms with Crippen molar-refractivity contribution in [1.82, 2.24) is 15.2 Å². The lowest BCUT2D eigenvalue weighted by atomic mass is 9.74. The highest BCUT2D eigenvalue weighted by atomic mass is 19.1. The molecule has 1 aromatic rings. The van der Waals surface area contributed by atoms with Gasteiger partial charge in [0.2, 0.25) is 5.91 Å². The second-order valence-corrected chi connectivity index (χ2v) is 7.47. The molecule has 1 spiro atoms. The number of likely N-dealkylation sites (tertiary alicyclic amines) is 1. The second kappa shape index (κ2) is 6.92. The Morgan fingerprint density at radius 3 is 2.69 bits per heavy atom. The zero-order valence-electron chi connectivity index (χ0n) is 15.0. The first-order chi connectivity index (χ1) is 12.2. The fraction of sp³-hybridized carbons (Fsp3) is 0.611. The first-order valence-corrected chi connectivity index (χ1v) is 8.74.